The van der Waals surface area contributed by atoms with E-state index in [0.717, 1.165) is 41.0 Å². The summed E-state index contributed by atoms with van der Waals surface area (Å²) < 4.78 is 0. The predicted molar refractivity (Wildman–Crippen MR) is 93.7 cm³/mol. The molecule has 3 N–H and O–H groups in total. The Kier molecular flexibility index (Phi) is 8.33. The molecule has 0 saturated heterocycles. The van der Waals surface area contributed by atoms with Gasteiger partial charge < -0.3 is 15.5 Å². The topological polar surface area (TPSA) is 62.6 Å². The second-order valence-corrected chi connectivity index (χ2v) is 5.87. The molecule has 5 nitrogen and oxygen atoms in total. The van der Waals surface area contributed by atoms with Gasteiger partial charge in [0.2, 0.25) is 0 Å². The van der Waals surface area contributed by atoms with E-state index in [0.29, 0.717) is 13.1 Å². The summed E-state index contributed by atoms with van der Waals surface area (Å²) in [6.45, 7) is 7.45. The monoisotopic (exact) mass is 320 g/mol. The number of anilines is 1. The number of hydrogen-bond acceptors (Lipinski definition) is 2. The van der Waals surface area contributed by atoms with Crippen LogP contribution in [0.1, 0.15) is 38.3 Å². The highest BCUT2D eigenvalue weighted by atomic mass is 16.2. The predicted octanol–water partition coefficient (Wildman–Crippen LogP) is 0.791. The van der Waals surface area contributed by atoms with Crippen molar-refractivity contribution in [2.45, 2.75) is 40.0 Å². The van der Waals surface area contributed by atoms with Crippen LogP contribution >= 0.6 is 0 Å². The van der Waals surface area contributed by atoms with Gasteiger partial charge in [-0.05, 0) is 30.4 Å². The van der Waals surface area contributed by atoms with E-state index >= 15 is 0 Å². The van der Waals surface area contributed by atoms with Gasteiger partial charge in [0.1, 0.15) is 0 Å². The van der Waals surface area contributed by atoms with E-state index in [1.54, 1.807) is 0 Å². The molecule has 0 fully saturated rings. The smallest absolute Gasteiger partial charge is 0.279 e. The molecule has 1 rings (SSSR count). The minimum atomic E-state index is -0.0543. The normalized spacial score (nSPS) is 11.8. The zero-order valence-corrected chi connectivity index (χ0v) is 14.8. The van der Waals surface area contributed by atoms with Crippen LogP contribution in [0.15, 0.2) is 18.2 Å². The molecule has 0 aromatic heterocycles. The van der Waals surface area contributed by atoms with Crippen LogP contribution in [0, 0.1) is 0 Å². The van der Waals surface area contributed by atoms with Gasteiger partial charge >= 0.3 is 0 Å². The third kappa shape index (κ3) is 6.40. The molecule has 1 atom stereocenters. The number of quaternary nitrogens is 1. The lowest BCUT2D eigenvalue weighted by Crippen LogP contribution is -3.11. The van der Waals surface area contributed by atoms with Crippen molar-refractivity contribution in [3.63, 3.8) is 0 Å². The fourth-order valence-corrected chi connectivity index (χ4v) is 2.52. The second-order valence-electron chi connectivity index (χ2n) is 5.87. The van der Waals surface area contributed by atoms with E-state index in [1.165, 1.54) is 0 Å². The van der Waals surface area contributed by atoms with Gasteiger partial charge in [0.25, 0.3) is 11.8 Å². The first kappa shape index (κ1) is 19.2. The zero-order chi connectivity index (χ0) is 17.2. The summed E-state index contributed by atoms with van der Waals surface area (Å²) in [6.07, 6.45) is 2.68. The van der Waals surface area contributed by atoms with Crippen LogP contribution in [0.3, 0.4) is 0 Å². The average molecular weight is 320 g/mol. The maximum absolute atomic E-state index is 12.3. The largest absolute Gasteiger partial charge is 0.351 e. The van der Waals surface area contributed by atoms with E-state index in [-0.39, 0.29) is 18.4 Å². The summed E-state index contributed by atoms with van der Waals surface area (Å²) in [5, 5.41) is 5.87. The molecule has 0 aliphatic carbocycles. The first-order valence-corrected chi connectivity index (χ1v) is 8.50. The van der Waals surface area contributed by atoms with Crippen molar-refractivity contribution in [3.05, 3.63) is 29.3 Å². The molecule has 5 heteroatoms. The summed E-state index contributed by atoms with van der Waals surface area (Å²) in [6, 6.07) is 6.12. The number of likely N-dealkylation sites (N-methyl/N-ethyl adjacent to an activating group) is 1. The summed E-state index contributed by atoms with van der Waals surface area (Å²) in [5.74, 6) is -0.0678. The van der Waals surface area contributed by atoms with Crippen LogP contribution in [0.2, 0.25) is 0 Å². The summed E-state index contributed by atoms with van der Waals surface area (Å²) in [4.78, 5) is 24.9. The lowest BCUT2D eigenvalue weighted by Gasteiger charge is -2.17. The molecule has 0 bridgehead atoms. The van der Waals surface area contributed by atoms with Crippen molar-refractivity contribution in [3.8, 4) is 0 Å². The standard InChI is InChI=1S/C18H29N3O2/c1-5-11-19-16(22)12-21(4)13-17(23)20-18-14(6-2)9-8-10-15(18)7-3/h8-10H,5-7,11-13H2,1-4H3,(H,19,22)(H,20,23)/p+1. The molecule has 23 heavy (non-hydrogen) atoms. The third-order valence-corrected chi connectivity index (χ3v) is 3.76. The van der Waals surface area contributed by atoms with Crippen LogP contribution < -0.4 is 15.5 Å². The number of nitrogens with one attached hydrogen (secondary N) is 3. The molecular formula is C18H30N3O2+. The number of hydrogen-bond donors (Lipinski definition) is 3. The molecule has 0 spiro atoms. The highest BCUT2D eigenvalue weighted by Gasteiger charge is 2.16. The molecule has 0 radical (unpaired) electrons. The van der Waals surface area contributed by atoms with Gasteiger partial charge in [-0.25, -0.2) is 0 Å². The summed E-state index contributed by atoms with van der Waals surface area (Å²) in [5.41, 5.74) is 3.23. The fourth-order valence-electron chi connectivity index (χ4n) is 2.52. The van der Waals surface area contributed by atoms with Crippen molar-refractivity contribution in [1.82, 2.24) is 5.32 Å². The first-order chi connectivity index (χ1) is 11.0. The molecule has 1 aromatic carbocycles. The van der Waals surface area contributed by atoms with Gasteiger partial charge in [0.05, 0.1) is 7.05 Å². The molecule has 1 aromatic rings. The van der Waals surface area contributed by atoms with Crippen LogP contribution in [-0.2, 0) is 22.4 Å². The highest BCUT2D eigenvalue weighted by molar-refractivity contribution is 5.93. The number of carbonyl (C=O) groups excluding carboxylic acids is 2. The second kappa shape index (κ2) is 10.0. The molecular weight excluding hydrogens is 290 g/mol. The number of carbonyl (C=O) groups is 2. The maximum atomic E-state index is 12.3. The minimum Gasteiger partial charge on any atom is -0.351 e. The van der Waals surface area contributed by atoms with Crippen LogP contribution in [-0.4, -0.2) is 38.5 Å². The van der Waals surface area contributed by atoms with Crippen molar-refractivity contribution < 1.29 is 14.5 Å². The van der Waals surface area contributed by atoms with Crippen molar-refractivity contribution >= 4 is 17.5 Å². The van der Waals surface area contributed by atoms with E-state index in [1.807, 2.05) is 32.2 Å². The van der Waals surface area contributed by atoms with Gasteiger partial charge in [0, 0.05) is 12.2 Å². The summed E-state index contributed by atoms with van der Waals surface area (Å²) in [7, 11) is 1.86. The lowest BCUT2D eigenvalue weighted by molar-refractivity contribution is -0.862. The van der Waals surface area contributed by atoms with Gasteiger partial charge in [-0.15, -0.1) is 0 Å². The number of amides is 2. The Balaban J connectivity index is 2.61. The van der Waals surface area contributed by atoms with E-state index in [4.69, 9.17) is 0 Å². The zero-order valence-electron chi connectivity index (χ0n) is 14.8. The molecule has 0 aliphatic heterocycles. The van der Waals surface area contributed by atoms with Crippen molar-refractivity contribution in [2.75, 3.05) is 32.0 Å². The molecule has 0 aliphatic rings. The van der Waals surface area contributed by atoms with Crippen LogP contribution in [0.4, 0.5) is 5.69 Å². The Bertz CT molecular complexity index is 507. The SMILES string of the molecule is CCCNC(=O)C[NH+](C)CC(=O)Nc1c(CC)cccc1CC. The number of benzene rings is 1. The molecule has 0 saturated carbocycles. The Labute approximate surface area is 139 Å². The Morgan fingerprint density at radius 2 is 1.57 bits per heavy atom. The minimum absolute atomic E-state index is 0.0136. The van der Waals surface area contributed by atoms with Gasteiger partial charge in [-0.1, -0.05) is 39.0 Å². The third-order valence-electron chi connectivity index (χ3n) is 3.76. The molecule has 0 heterocycles. The maximum Gasteiger partial charge on any atom is 0.279 e. The molecule has 2 amide bonds. The Hall–Kier alpha value is -1.88. The Morgan fingerprint density at radius 3 is 2.09 bits per heavy atom. The van der Waals surface area contributed by atoms with Crippen molar-refractivity contribution in [2.24, 2.45) is 0 Å². The molecule has 1 unspecified atom stereocenters. The van der Waals surface area contributed by atoms with Gasteiger partial charge in [-0.2, -0.15) is 0 Å². The molecule has 128 valence electrons. The average Bonchev–Trinajstić information content (AvgIpc) is 2.52. The number of rotatable bonds is 9. The Morgan fingerprint density at radius 1 is 1.00 bits per heavy atom. The first-order valence-electron chi connectivity index (χ1n) is 8.50. The van der Waals surface area contributed by atoms with Gasteiger partial charge in [-0.3, -0.25) is 9.59 Å². The van der Waals surface area contributed by atoms with Crippen molar-refractivity contribution in [1.29, 1.82) is 0 Å². The number of para-hydroxylation sites is 1. The van der Waals surface area contributed by atoms with Crippen LogP contribution in [0.5, 0.6) is 0 Å². The van der Waals surface area contributed by atoms with E-state index in [9.17, 15) is 9.59 Å². The fraction of sp³-hybridized carbons (Fsp3) is 0.556. The quantitative estimate of drug-likeness (QED) is 0.630. The van der Waals surface area contributed by atoms with E-state index in [2.05, 4.69) is 24.5 Å². The van der Waals surface area contributed by atoms with Crippen LogP contribution in [0.25, 0.3) is 0 Å². The van der Waals surface area contributed by atoms with Gasteiger partial charge in [0.15, 0.2) is 13.1 Å². The summed E-state index contributed by atoms with van der Waals surface area (Å²) >= 11 is 0. The number of aryl methyl sites for hydroxylation is 2. The lowest BCUT2D eigenvalue weighted by atomic mass is 10.0. The van der Waals surface area contributed by atoms with E-state index < -0.39 is 0 Å². The highest BCUT2D eigenvalue weighted by Crippen LogP contribution is 2.22.